The monoisotopic (exact) mass is 425 g/mol. The van der Waals surface area contributed by atoms with Crippen LogP contribution in [0.15, 0.2) is 53.6 Å². The van der Waals surface area contributed by atoms with E-state index in [1.54, 1.807) is 12.1 Å². The average molecular weight is 426 g/mol. The molecule has 5 nitrogen and oxygen atoms in total. The lowest BCUT2D eigenvalue weighted by atomic mass is 9.98. The first-order chi connectivity index (χ1) is 14.5. The Morgan fingerprint density at radius 1 is 1.20 bits per heavy atom. The van der Waals surface area contributed by atoms with Gasteiger partial charge in [0.1, 0.15) is 5.75 Å². The van der Waals surface area contributed by atoms with E-state index in [1.165, 1.54) is 6.42 Å². The van der Waals surface area contributed by atoms with Gasteiger partial charge in [0.25, 0.3) is 5.91 Å². The van der Waals surface area contributed by atoms with Gasteiger partial charge in [-0.3, -0.25) is 9.69 Å². The third-order valence-electron chi connectivity index (χ3n) is 6.10. The van der Waals surface area contributed by atoms with Crippen molar-refractivity contribution in [1.29, 1.82) is 0 Å². The number of methoxy groups -OCH3 is 1. The molecule has 1 amide bonds. The first-order valence-corrected chi connectivity index (χ1v) is 11.0. The number of hydrogen-bond acceptors (Lipinski definition) is 4. The summed E-state index contributed by atoms with van der Waals surface area (Å²) in [7, 11) is 1.65. The highest BCUT2D eigenvalue weighted by atomic mass is 35.5. The van der Waals surface area contributed by atoms with Crippen LogP contribution < -0.4 is 4.74 Å². The van der Waals surface area contributed by atoms with Gasteiger partial charge >= 0.3 is 0 Å². The Morgan fingerprint density at radius 3 is 2.73 bits per heavy atom. The standard InChI is InChI=1S/C24H28ClN3O2/c1-17-6-3-4-13-27(17)16-24(29)28-23(18-9-11-20(25)12-10-18)15-22(26-28)19-7-5-8-21(14-19)30-2/h5,7-12,14,17,23H,3-4,6,13,15-16H2,1-2H3. The van der Waals surface area contributed by atoms with Crippen molar-refractivity contribution in [1.82, 2.24) is 9.91 Å². The molecule has 2 atom stereocenters. The van der Waals surface area contributed by atoms with E-state index in [0.717, 1.165) is 42.0 Å². The Labute approximate surface area is 183 Å². The summed E-state index contributed by atoms with van der Waals surface area (Å²) < 4.78 is 5.37. The van der Waals surface area contributed by atoms with Crippen molar-refractivity contribution >= 4 is 23.2 Å². The Hall–Kier alpha value is -2.37. The Morgan fingerprint density at radius 2 is 2.00 bits per heavy atom. The first-order valence-electron chi connectivity index (χ1n) is 10.6. The zero-order valence-electron chi connectivity index (χ0n) is 17.6. The number of carbonyl (C=O) groups is 1. The fraction of sp³-hybridized carbons (Fsp3) is 0.417. The van der Waals surface area contributed by atoms with Crippen molar-refractivity contribution < 1.29 is 9.53 Å². The fourth-order valence-electron chi connectivity index (χ4n) is 4.30. The maximum absolute atomic E-state index is 13.3. The Bertz CT molecular complexity index is 928. The van der Waals surface area contributed by atoms with E-state index in [1.807, 2.05) is 48.5 Å². The van der Waals surface area contributed by atoms with Crippen molar-refractivity contribution in [3.8, 4) is 5.75 Å². The van der Waals surface area contributed by atoms with E-state index in [-0.39, 0.29) is 11.9 Å². The van der Waals surface area contributed by atoms with Crippen LogP contribution >= 0.6 is 11.6 Å². The minimum Gasteiger partial charge on any atom is -0.497 e. The third kappa shape index (κ3) is 4.52. The molecule has 30 heavy (non-hydrogen) atoms. The normalized spacial score (nSPS) is 22.1. The van der Waals surface area contributed by atoms with Crippen LogP contribution in [0.25, 0.3) is 0 Å². The summed E-state index contributed by atoms with van der Waals surface area (Å²) in [5.74, 6) is 0.826. The molecule has 0 N–H and O–H groups in total. The van der Waals surface area contributed by atoms with Crippen molar-refractivity contribution in [3.63, 3.8) is 0 Å². The second-order valence-corrected chi connectivity index (χ2v) is 8.54. The van der Waals surface area contributed by atoms with Gasteiger partial charge in [-0.2, -0.15) is 5.10 Å². The molecule has 2 aromatic rings. The largest absolute Gasteiger partial charge is 0.497 e. The number of rotatable bonds is 5. The molecule has 2 unspecified atom stereocenters. The third-order valence-corrected chi connectivity index (χ3v) is 6.35. The molecule has 0 aromatic heterocycles. The number of nitrogens with zero attached hydrogens (tertiary/aromatic N) is 3. The number of halogens is 1. The van der Waals surface area contributed by atoms with Crippen molar-refractivity contribution in [2.45, 2.75) is 44.7 Å². The summed E-state index contributed by atoms with van der Waals surface area (Å²) in [4.78, 5) is 15.6. The van der Waals surface area contributed by atoms with Gasteiger partial charge in [-0.1, -0.05) is 42.3 Å². The van der Waals surface area contributed by atoms with Gasteiger partial charge < -0.3 is 4.74 Å². The molecule has 0 bridgehead atoms. The molecule has 6 heteroatoms. The lowest BCUT2D eigenvalue weighted by Crippen LogP contribution is -2.44. The highest BCUT2D eigenvalue weighted by Crippen LogP contribution is 2.34. The quantitative estimate of drug-likeness (QED) is 0.684. The zero-order valence-corrected chi connectivity index (χ0v) is 18.3. The predicted octanol–water partition coefficient (Wildman–Crippen LogP) is 4.90. The molecule has 2 aromatic carbocycles. The fourth-order valence-corrected chi connectivity index (χ4v) is 4.43. The molecule has 4 rings (SSSR count). The zero-order chi connectivity index (χ0) is 21.1. The Kier molecular flexibility index (Phi) is 6.40. The number of carbonyl (C=O) groups excluding carboxylic acids is 1. The van der Waals surface area contributed by atoms with Gasteiger partial charge in [0.2, 0.25) is 0 Å². The summed E-state index contributed by atoms with van der Waals surface area (Å²) in [6, 6.07) is 15.9. The minimum atomic E-state index is -0.129. The molecular weight excluding hydrogens is 398 g/mol. The molecule has 0 radical (unpaired) electrons. The summed E-state index contributed by atoms with van der Waals surface area (Å²) in [5, 5.41) is 7.16. The van der Waals surface area contributed by atoms with Gasteiger partial charge in [0.05, 0.1) is 25.4 Å². The molecular formula is C24H28ClN3O2. The summed E-state index contributed by atoms with van der Waals surface area (Å²) >= 11 is 6.09. The molecule has 2 aliphatic heterocycles. The van der Waals surface area contributed by atoms with Crippen LogP contribution in [-0.2, 0) is 4.79 Å². The van der Waals surface area contributed by atoms with Crippen LogP contribution in [-0.4, -0.2) is 47.8 Å². The molecule has 158 valence electrons. The predicted molar refractivity (Wildman–Crippen MR) is 120 cm³/mol. The number of amides is 1. The van der Waals surface area contributed by atoms with Crippen LogP contribution in [0.5, 0.6) is 5.75 Å². The number of likely N-dealkylation sites (tertiary alicyclic amines) is 1. The lowest BCUT2D eigenvalue weighted by molar-refractivity contribution is -0.135. The number of benzene rings is 2. The minimum absolute atomic E-state index is 0.0431. The number of ether oxygens (including phenoxy) is 1. The summed E-state index contributed by atoms with van der Waals surface area (Å²) in [6.45, 7) is 3.58. The van der Waals surface area contributed by atoms with Gasteiger partial charge in [-0.15, -0.1) is 0 Å². The van der Waals surface area contributed by atoms with E-state index in [2.05, 4.69) is 11.8 Å². The molecule has 0 aliphatic carbocycles. The second kappa shape index (κ2) is 9.19. The topological polar surface area (TPSA) is 45.1 Å². The van der Waals surface area contributed by atoms with Crippen LogP contribution in [0, 0.1) is 0 Å². The smallest absolute Gasteiger partial charge is 0.257 e. The van der Waals surface area contributed by atoms with Gasteiger partial charge in [0, 0.05) is 23.0 Å². The van der Waals surface area contributed by atoms with Crippen LogP contribution in [0.1, 0.15) is 49.8 Å². The highest BCUT2D eigenvalue weighted by molar-refractivity contribution is 6.30. The molecule has 0 saturated carbocycles. The molecule has 1 saturated heterocycles. The molecule has 2 aliphatic rings. The molecule has 2 heterocycles. The van der Waals surface area contributed by atoms with E-state index in [9.17, 15) is 4.79 Å². The van der Waals surface area contributed by atoms with Crippen LogP contribution in [0.2, 0.25) is 5.02 Å². The number of hydrogen-bond donors (Lipinski definition) is 0. The van der Waals surface area contributed by atoms with Gasteiger partial charge in [-0.05, 0) is 56.1 Å². The molecule has 0 spiro atoms. The van der Waals surface area contributed by atoms with Crippen molar-refractivity contribution in [2.75, 3.05) is 20.2 Å². The van der Waals surface area contributed by atoms with E-state index in [0.29, 0.717) is 24.0 Å². The number of piperidine rings is 1. The van der Waals surface area contributed by atoms with Gasteiger partial charge in [-0.25, -0.2) is 5.01 Å². The summed E-state index contributed by atoms with van der Waals surface area (Å²) in [6.07, 6.45) is 4.19. The highest BCUT2D eigenvalue weighted by Gasteiger charge is 2.34. The van der Waals surface area contributed by atoms with E-state index >= 15 is 0 Å². The second-order valence-electron chi connectivity index (χ2n) is 8.10. The molecule has 1 fully saturated rings. The maximum Gasteiger partial charge on any atom is 0.257 e. The number of hydrazone groups is 1. The lowest BCUT2D eigenvalue weighted by Gasteiger charge is -2.34. The van der Waals surface area contributed by atoms with Crippen LogP contribution in [0.4, 0.5) is 0 Å². The van der Waals surface area contributed by atoms with Crippen LogP contribution in [0.3, 0.4) is 0 Å². The summed E-state index contributed by atoms with van der Waals surface area (Å²) in [5.41, 5.74) is 2.92. The van der Waals surface area contributed by atoms with Crippen molar-refractivity contribution in [3.05, 3.63) is 64.7 Å². The average Bonchev–Trinajstić information content (AvgIpc) is 3.21. The first kappa shape index (κ1) is 20.9. The maximum atomic E-state index is 13.3. The van der Waals surface area contributed by atoms with Crippen molar-refractivity contribution in [2.24, 2.45) is 5.10 Å². The van der Waals surface area contributed by atoms with Gasteiger partial charge in [0.15, 0.2) is 0 Å². The van der Waals surface area contributed by atoms with E-state index < -0.39 is 0 Å². The Balaban J connectivity index is 1.61. The SMILES string of the molecule is COc1cccc(C2=NN(C(=O)CN3CCCCC3C)C(c3ccc(Cl)cc3)C2)c1. The van der Waals surface area contributed by atoms with E-state index in [4.69, 9.17) is 21.4 Å².